The minimum Gasteiger partial charge on any atom is -0.485 e. The van der Waals surface area contributed by atoms with E-state index in [9.17, 15) is 4.79 Å². The van der Waals surface area contributed by atoms with E-state index in [1.165, 1.54) is 36.4 Å². The maximum atomic E-state index is 17.8. The van der Waals surface area contributed by atoms with Crippen LogP contribution in [0, 0.1) is 0 Å². The summed E-state index contributed by atoms with van der Waals surface area (Å²) in [5, 5.41) is 0. The van der Waals surface area contributed by atoms with Crippen LogP contribution in [0.2, 0.25) is 0 Å². The lowest BCUT2D eigenvalue weighted by Gasteiger charge is -2.43. The molecule has 23 heteroatoms. The van der Waals surface area contributed by atoms with Crippen LogP contribution < -0.4 is 56.8 Å². The second kappa shape index (κ2) is 47.7. The number of fused-ring (bicyclic) bond motifs is 4. The summed E-state index contributed by atoms with van der Waals surface area (Å²) in [6.45, 7) is -1.06. The van der Waals surface area contributed by atoms with Gasteiger partial charge in [-0.3, -0.25) is 4.79 Å². The molecule has 23 nitrogen and oxygen atoms in total. The first-order chi connectivity index (χ1) is 70.4. The van der Waals surface area contributed by atoms with Gasteiger partial charge in [0.2, 0.25) is 35.4 Å². The molecule has 718 valence electrons. The van der Waals surface area contributed by atoms with Crippen LogP contribution in [0.3, 0.4) is 0 Å². The molecule has 0 saturated carbocycles. The number of hydrogen-bond acceptors (Lipinski definition) is 23. The predicted octanol–water partition coefficient (Wildman–Crippen LogP) is 23.7. The Morgan fingerprint density at radius 1 is 0.252 bits per heavy atom. The standard InChI is InChI=1S/C120H100O23/c1-81(121)139-120-115(143-117(123)95-64-100(128-70-84-42-18-4-19-43-84)108(133-75-89-52-28-9-29-53-89)101(65-95)129-71-85-44-20-5-21-45-85)114(142-116(122)94-62-98(126-68-82-38-14-2-15-39-82)107(132-74-88-50-26-8-27-51-88)99(63-94)127-69-83-40-16-3-17-41-83)111-104(140-120)80-138-118(124)96-66-102(130-72-86-46-22-6-23-47-86)109(134-76-90-54-30-10-31-55-90)112(136-78-92-58-34-12-35-59-92)105(96)106-97(119(125)141-111)67-103(131-73-87-48-24-7-25-49-87)110(135-77-91-56-32-11-33-57-91)113(106)137-79-93-60-36-13-37-61-93/h2-67,104,111,114-115,120H,68-80H2,1H3/t104-,111?,114?,115+,120-/m0/s1. The van der Waals surface area contributed by atoms with Crippen LogP contribution in [-0.2, 0) is 112 Å². The number of carbonyl (C=O) groups is 5. The number of carbonyl (C=O) groups excluding carboxylic acids is 5. The third kappa shape index (κ3) is 25.3. The van der Waals surface area contributed by atoms with Gasteiger partial charge in [0, 0.05) is 18.1 Å². The number of rotatable bonds is 41. The van der Waals surface area contributed by atoms with Crippen molar-refractivity contribution in [3.63, 3.8) is 0 Å². The first-order valence-electron chi connectivity index (χ1n) is 46.8. The quantitative estimate of drug-likeness (QED) is 0.0255. The van der Waals surface area contributed by atoms with Crippen LogP contribution in [0.5, 0.6) is 69.0 Å². The molecule has 0 radical (unpaired) electrons. The van der Waals surface area contributed by atoms with Crippen molar-refractivity contribution < 1.29 is 109 Å². The molecule has 16 aromatic rings. The highest BCUT2D eigenvalue weighted by Crippen LogP contribution is 2.57. The average Bonchev–Trinajstić information content (AvgIpc) is 1.54. The normalized spacial score (nSPS) is 14.6. The fourth-order valence-electron chi connectivity index (χ4n) is 16.2. The van der Waals surface area contributed by atoms with Crippen molar-refractivity contribution >= 4 is 29.8 Å². The molecule has 1 saturated heterocycles. The Morgan fingerprint density at radius 3 is 0.720 bits per heavy atom. The lowest BCUT2D eigenvalue weighted by Crippen LogP contribution is -2.63. The van der Waals surface area contributed by atoms with Gasteiger partial charge in [0.1, 0.15) is 92.0 Å². The fraction of sp³-hybridized carbons (Fsp3) is 0.158. The van der Waals surface area contributed by atoms with Gasteiger partial charge in [0.05, 0.1) is 22.3 Å². The molecule has 143 heavy (non-hydrogen) atoms. The van der Waals surface area contributed by atoms with E-state index in [2.05, 4.69) is 0 Å². The number of hydrogen-bond donors (Lipinski definition) is 0. The van der Waals surface area contributed by atoms with Crippen molar-refractivity contribution in [3.8, 4) is 80.1 Å². The Balaban J connectivity index is 0.865. The average molecular weight is 1910 g/mol. The minimum absolute atomic E-state index is 0.00111. The van der Waals surface area contributed by atoms with Crippen LogP contribution in [-0.4, -0.2) is 67.2 Å². The first kappa shape index (κ1) is 95.7. The molecule has 2 heterocycles. The summed E-state index contributed by atoms with van der Waals surface area (Å²) in [6.07, 6.45) is -10.7. The lowest BCUT2D eigenvalue weighted by atomic mass is 9.91. The summed E-state index contributed by atoms with van der Waals surface area (Å²) in [5.74, 6) is -6.28. The summed E-state index contributed by atoms with van der Waals surface area (Å²) < 4.78 is 125. The van der Waals surface area contributed by atoms with Gasteiger partial charge in [-0.15, -0.1) is 0 Å². The van der Waals surface area contributed by atoms with E-state index in [1.54, 1.807) is 0 Å². The van der Waals surface area contributed by atoms with Gasteiger partial charge >= 0.3 is 29.8 Å². The van der Waals surface area contributed by atoms with Crippen LogP contribution in [0.1, 0.15) is 115 Å². The molecular weight excluding hydrogens is 1810 g/mol. The zero-order valence-electron chi connectivity index (χ0n) is 78.1. The van der Waals surface area contributed by atoms with Gasteiger partial charge in [-0.1, -0.05) is 364 Å². The van der Waals surface area contributed by atoms with Crippen LogP contribution in [0.15, 0.2) is 400 Å². The largest absolute Gasteiger partial charge is 0.485 e. The molecular formula is C120H100O23. The van der Waals surface area contributed by atoms with Crippen molar-refractivity contribution in [1.29, 1.82) is 0 Å². The molecule has 16 aromatic carbocycles. The highest BCUT2D eigenvalue weighted by molar-refractivity contribution is 6.09. The van der Waals surface area contributed by atoms with Gasteiger partial charge in [-0.05, 0) is 103 Å². The highest BCUT2D eigenvalue weighted by Gasteiger charge is 2.56. The fourth-order valence-corrected chi connectivity index (χ4v) is 16.2. The Morgan fingerprint density at radius 2 is 0.469 bits per heavy atom. The third-order valence-corrected chi connectivity index (χ3v) is 23.4. The lowest BCUT2D eigenvalue weighted by molar-refractivity contribution is -0.289. The maximum Gasteiger partial charge on any atom is 0.339 e. The van der Waals surface area contributed by atoms with Crippen LogP contribution in [0.25, 0.3) is 11.1 Å². The van der Waals surface area contributed by atoms with Gasteiger partial charge in [0.15, 0.2) is 58.2 Å². The Bertz CT molecular complexity index is 6800. The van der Waals surface area contributed by atoms with E-state index in [1.807, 2.05) is 364 Å². The zero-order valence-corrected chi connectivity index (χ0v) is 78.1. The topological polar surface area (TPSA) is 251 Å². The molecule has 5 atom stereocenters. The van der Waals surface area contributed by atoms with Crippen molar-refractivity contribution in [3.05, 3.63) is 489 Å². The van der Waals surface area contributed by atoms with E-state index >= 15 is 19.2 Å². The molecule has 2 unspecified atom stereocenters. The summed E-state index contributed by atoms with van der Waals surface area (Å²) in [4.78, 5) is 82.6. The summed E-state index contributed by atoms with van der Waals surface area (Å²) >= 11 is 0. The van der Waals surface area contributed by atoms with Gasteiger partial charge in [-0.2, -0.15) is 0 Å². The van der Waals surface area contributed by atoms with Crippen molar-refractivity contribution in [2.24, 2.45) is 0 Å². The van der Waals surface area contributed by atoms with Crippen molar-refractivity contribution in [2.75, 3.05) is 6.61 Å². The number of benzene rings is 16. The van der Waals surface area contributed by atoms with Gasteiger partial charge in [0.25, 0.3) is 0 Å². The van der Waals surface area contributed by atoms with Crippen LogP contribution >= 0.6 is 0 Å². The molecule has 0 amide bonds. The maximum absolute atomic E-state index is 17.8. The monoisotopic (exact) mass is 1910 g/mol. The molecule has 0 aromatic heterocycles. The highest BCUT2D eigenvalue weighted by atomic mass is 16.7. The molecule has 2 aliphatic rings. The molecule has 0 N–H and O–H groups in total. The Kier molecular flexibility index (Phi) is 31.9. The van der Waals surface area contributed by atoms with Crippen molar-refractivity contribution in [2.45, 2.75) is 117 Å². The van der Waals surface area contributed by atoms with Gasteiger partial charge in [-0.25, -0.2) is 19.2 Å². The molecule has 0 bridgehead atoms. The summed E-state index contributed by atoms with van der Waals surface area (Å²) in [5.41, 5.74) is 6.92. The van der Waals surface area contributed by atoms with E-state index in [-0.39, 0.29) is 176 Å². The molecule has 18 rings (SSSR count). The number of ether oxygens (including phenoxy) is 18. The Hall–Kier alpha value is -17.6. The number of cyclic esters (lactones) is 1. The zero-order chi connectivity index (χ0) is 97.7. The van der Waals surface area contributed by atoms with E-state index in [0.29, 0.717) is 27.8 Å². The smallest absolute Gasteiger partial charge is 0.339 e. The minimum atomic E-state index is -2.24. The number of esters is 5. The Labute approximate surface area is 827 Å². The van der Waals surface area contributed by atoms with Crippen LogP contribution in [0.4, 0.5) is 0 Å². The van der Waals surface area contributed by atoms with E-state index in [4.69, 9.17) is 85.3 Å². The first-order valence-corrected chi connectivity index (χ1v) is 46.8. The summed E-state index contributed by atoms with van der Waals surface area (Å²) in [6, 6.07) is 120. The van der Waals surface area contributed by atoms with E-state index < -0.39 is 72.7 Å². The second-order valence-corrected chi connectivity index (χ2v) is 33.7. The molecule has 0 spiro atoms. The van der Waals surface area contributed by atoms with Gasteiger partial charge < -0.3 is 85.3 Å². The van der Waals surface area contributed by atoms with E-state index in [0.717, 1.165) is 45.9 Å². The second-order valence-electron chi connectivity index (χ2n) is 33.7. The SMILES string of the molecule is CC(=O)O[C@H]1O[C@H]2COC(=O)c3cc(OCc4ccccc4)c(OCc4ccccc4)c(OCc4ccccc4)c3-c3c(cc(OCc4ccccc4)c(OCc4ccccc4)c3OCc3ccccc3)C(=O)OC2C(OC(=O)c2cc(OCc3ccccc3)c(OCc3ccccc3)c(OCc3ccccc3)c2)[C@H]1OC(=O)c1cc(OCc2ccccc2)c(OCc2ccccc2)c(OCc2ccccc2)c1. The molecule has 0 aliphatic carbocycles. The molecule has 2 aliphatic heterocycles. The van der Waals surface area contributed by atoms with Crippen molar-refractivity contribution in [1.82, 2.24) is 0 Å². The molecule has 1 fully saturated rings. The third-order valence-electron chi connectivity index (χ3n) is 23.4. The summed E-state index contributed by atoms with van der Waals surface area (Å²) in [7, 11) is 0. The predicted molar refractivity (Wildman–Crippen MR) is 532 cm³/mol.